The Labute approximate surface area is 255 Å². The molecule has 0 saturated heterocycles. The van der Waals surface area contributed by atoms with Gasteiger partial charge in [-0.3, -0.25) is 25.8 Å². The van der Waals surface area contributed by atoms with Gasteiger partial charge >= 0.3 is 12.1 Å². The molecular formula is C29H30F3N7O6. The summed E-state index contributed by atoms with van der Waals surface area (Å²) in [5.74, 6) is -3.01. The maximum Gasteiger partial charge on any atom is 0.490 e. The first kappa shape index (κ1) is 35.3. The zero-order chi connectivity index (χ0) is 33.7. The number of halogens is 3. The van der Waals surface area contributed by atoms with Crippen molar-refractivity contribution in [1.29, 1.82) is 10.7 Å². The molecule has 0 aliphatic heterocycles. The number of amides is 2. The number of aromatic nitrogens is 1. The number of nitrogens with zero attached hydrogens (tertiary/aromatic N) is 2. The van der Waals surface area contributed by atoms with Gasteiger partial charge in [0, 0.05) is 23.0 Å². The number of nitrogen functional groups attached to an aromatic ring is 1. The highest BCUT2D eigenvalue weighted by Gasteiger charge is 2.38. The second-order valence-corrected chi connectivity index (χ2v) is 9.16. The van der Waals surface area contributed by atoms with E-state index in [-0.39, 0.29) is 23.2 Å². The van der Waals surface area contributed by atoms with E-state index in [0.29, 0.717) is 34.9 Å². The van der Waals surface area contributed by atoms with Gasteiger partial charge in [0.2, 0.25) is 0 Å². The number of nitriles is 1. The number of rotatable bonds is 10. The van der Waals surface area contributed by atoms with Crippen LogP contribution in [0.15, 0.2) is 60.8 Å². The van der Waals surface area contributed by atoms with E-state index in [1.54, 1.807) is 42.5 Å². The lowest BCUT2D eigenvalue weighted by Crippen LogP contribution is -2.45. The van der Waals surface area contributed by atoms with Gasteiger partial charge in [-0.25, -0.2) is 9.78 Å². The highest BCUT2D eigenvalue weighted by atomic mass is 19.4. The molecule has 16 heteroatoms. The van der Waals surface area contributed by atoms with Crippen LogP contribution in [-0.4, -0.2) is 52.6 Å². The van der Waals surface area contributed by atoms with Gasteiger partial charge in [-0.05, 0) is 74.9 Å². The number of hydrogen-bond acceptors (Lipinski definition) is 9. The Balaban J connectivity index is 0.000000900. The van der Waals surface area contributed by atoms with Crippen molar-refractivity contribution >= 4 is 29.3 Å². The van der Waals surface area contributed by atoms with Crippen LogP contribution in [0.2, 0.25) is 0 Å². The topological polar surface area (TPSA) is 213 Å². The van der Waals surface area contributed by atoms with E-state index in [1.165, 1.54) is 18.3 Å². The zero-order valence-electron chi connectivity index (χ0n) is 24.2. The molecule has 1 atom stereocenters. The van der Waals surface area contributed by atoms with Crippen LogP contribution in [0.1, 0.15) is 54.0 Å². The van der Waals surface area contributed by atoms with Crippen LogP contribution >= 0.6 is 0 Å². The number of carbonyl (C=O) groups excluding carboxylic acids is 2. The van der Waals surface area contributed by atoms with Crippen molar-refractivity contribution in [2.75, 3.05) is 11.9 Å². The maximum absolute atomic E-state index is 13.3. The molecule has 1 unspecified atom stereocenters. The van der Waals surface area contributed by atoms with Gasteiger partial charge in [0.1, 0.15) is 23.6 Å². The average molecular weight is 630 g/mol. The number of anilines is 1. The quantitative estimate of drug-likeness (QED) is 0.109. The van der Waals surface area contributed by atoms with E-state index in [4.69, 9.17) is 35.8 Å². The molecule has 13 nitrogen and oxygen atoms in total. The molecule has 3 rings (SSSR count). The number of nitrogens with one attached hydrogen (secondary N) is 4. The Morgan fingerprint density at radius 1 is 1.04 bits per heavy atom. The molecule has 0 aliphatic rings. The third-order valence-corrected chi connectivity index (χ3v) is 5.41. The fourth-order valence-electron chi connectivity index (χ4n) is 3.43. The number of pyridine rings is 1. The Morgan fingerprint density at radius 3 is 2.22 bits per heavy atom. The summed E-state index contributed by atoms with van der Waals surface area (Å²) in [4.78, 5) is 38.6. The van der Waals surface area contributed by atoms with Crippen LogP contribution in [0.5, 0.6) is 11.5 Å². The number of alkyl halides is 3. The first-order valence-corrected chi connectivity index (χ1v) is 13.1. The Kier molecular flexibility index (Phi) is 12.7. The molecule has 2 aromatic carbocycles. The van der Waals surface area contributed by atoms with Crippen LogP contribution in [0.3, 0.4) is 0 Å². The summed E-state index contributed by atoms with van der Waals surface area (Å²) >= 11 is 0. The van der Waals surface area contributed by atoms with E-state index in [0.717, 1.165) is 0 Å². The second-order valence-electron chi connectivity index (χ2n) is 9.16. The minimum Gasteiger partial charge on any atom is -0.490 e. The lowest BCUT2D eigenvalue weighted by Gasteiger charge is -2.22. The van der Waals surface area contributed by atoms with Gasteiger partial charge in [-0.15, -0.1) is 0 Å². The van der Waals surface area contributed by atoms with E-state index in [9.17, 15) is 22.8 Å². The maximum atomic E-state index is 13.3. The summed E-state index contributed by atoms with van der Waals surface area (Å²) in [7, 11) is 0. The molecule has 3 aromatic rings. The van der Waals surface area contributed by atoms with Gasteiger partial charge in [-0.2, -0.15) is 18.4 Å². The number of benzene rings is 2. The smallest absolute Gasteiger partial charge is 0.490 e. The van der Waals surface area contributed by atoms with Crippen molar-refractivity contribution in [3.05, 3.63) is 83.2 Å². The molecular weight excluding hydrogens is 599 g/mol. The largest absolute Gasteiger partial charge is 0.490 e. The monoisotopic (exact) mass is 629 g/mol. The fraction of sp³-hybridized carbons (Fsp3) is 0.241. The van der Waals surface area contributed by atoms with Crippen LogP contribution in [-0.2, 0) is 9.59 Å². The summed E-state index contributed by atoms with van der Waals surface area (Å²) < 4.78 is 43.3. The number of hydrazine groups is 1. The minimum atomic E-state index is -5.08. The van der Waals surface area contributed by atoms with Crippen molar-refractivity contribution in [2.24, 2.45) is 5.73 Å². The zero-order valence-corrected chi connectivity index (χ0v) is 24.2. The Hall–Kier alpha value is -5.85. The lowest BCUT2D eigenvalue weighted by molar-refractivity contribution is -0.192. The lowest BCUT2D eigenvalue weighted by atomic mass is 10.0. The number of carboxylic acid groups (broad SMARTS) is 1. The molecule has 0 bridgehead atoms. The molecule has 1 heterocycles. The van der Waals surface area contributed by atoms with E-state index in [2.05, 4.69) is 21.2 Å². The first-order valence-electron chi connectivity index (χ1n) is 13.1. The second kappa shape index (κ2) is 16.1. The van der Waals surface area contributed by atoms with Gasteiger partial charge in [0.05, 0.1) is 12.7 Å². The van der Waals surface area contributed by atoms with Crippen LogP contribution in [0.4, 0.5) is 18.9 Å². The number of hydrogen-bond donors (Lipinski definition) is 6. The predicted octanol–water partition coefficient (Wildman–Crippen LogP) is 3.67. The van der Waals surface area contributed by atoms with Gasteiger partial charge in [0.25, 0.3) is 11.8 Å². The minimum absolute atomic E-state index is 0.0738. The highest BCUT2D eigenvalue weighted by molar-refractivity contribution is 5.97. The molecule has 1 aromatic heterocycles. The predicted molar refractivity (Wildman–Crippen MR) is 155 cm³/mol. The highest BCUT2D eigenvalue weighted by Crippen LogP contribution is 2.33. The molecule has 7 N–H and O–H groups in total. The molecule has 238 valence electrons. The van der Waals surface area contributed by atoms with E-state index < -0.39 is 30.0 Å². The standard InChI is InChI=1S/C27H29N7O4.C2HF3O2/c1-4-37-23-14-18(7-10-22(23)38-16(2)3)24(32-20-8-5-17(6-9-20)25(29)30)27(36)34-33-26(35)19-11-12-31-21(13-19)15-28;3-2(4,5)1(6)7/h5-14,16,24,32H,4H2,1-3H3,(H3,29,30)(H,33,35)(H,34,36);(H,6,7). The van der Waals surface area contributed by atoms with Crippen LogP contribution in [0.25, 0.3) is 0 Å². The molecule has 2 amide bonds. The third-order valence-electron chi connectivity index (χ3n) is 5.41. The third kappa shape index (κ3) is 11.1. The van der Waals surface area contributed by atoms with Crippen LogP contribution in [0, 0.1) is 16.7 Å². The first-order chi connectivity index (χ1) is 21.2. The van der Waals surface area contributed by atoms with Crippen LogP contribution < -0.4 is 31.4 Å². The summed E-state index contributed by atoms with van der Waals surface area (Å²) in [5.41, 5.74) is 12.2. The number of carbonyl (C=O) groups is 3. The fourth-order valence-corrected chi connectivity index (χ4v) is 3.43. The number of nitrogens with two attached hydrogens (primary N) is 1. The van der Waals surface area contributed by atoms with E-state index in [1.807, 2.05) is 26.8 Å². The summed E-state index contributed by atoms with van der Waals surface area (Å²) in [5, 5.41) is 26.9. The average Bonchev–Trinajstić information content (AvgIpc) is 2.99. The molecule has 0 spiro atoms. The molecule has 0 aliphatic carbocycles. The molecule has 0 saturated carbocycles. The van der Waals surface area contributed by atoms with Gasteiger partial charge in [-0.1, -0.05) is 6.07 Å². The van der Waals surface area contributed by atoms with Gasteiger partial charge < -0.3 is 25.6 Å². The van der Waals surface area contributed by atoms with Gasteiger partial charge in [0.15, 0.2) is 11.5 Å². The van der Waals surface area contributed by atoms with E-state index >= 15 is 0 Å². The SMILES string of the molecule is CCOc1cc(C(Nc2ccc(C(=N)N)cc2)C(=O)NNC(=O)c2ccnc(C#N)c2)ccc1OC(C)C.O=C(O)C(F)(F)F. The molecule has 0 radical (unpaired) electrons. The molecule has 0 fully saturated rings. The summed E-state index contributed by atoms with van der Waals surface area (Å²) in [6.45, 7) is 6.03. The van der Waals surface area contributed by atoms with Crippen molar-refractivity contribution in [3.8, 4) is 17.6 Å². The normalized spacial score (nSPS) is 11.2. The number of aliphatic carboxylic acids is 1. The number of amidine groups is 1. The Morgan fingerprint density at radius 2 is 1.69 bits per heavy atom. The van der Waals surface area contributed by atoms with Crippen molar-refractivity contribution in [1.82, 2.24) is 15.8 Å². The van der Waals surface area contributed by atoms with Crippen molar-refractivity contribution < 1.29 is 42.1 Å². The van der Waals surface area contributed by atoms with Crippen molar-refractivity contribution in [2.45, 2.75) is 39.1 Å². The molecule has 45 heavy (non-hydrogen) atoms. The summed E-state index contributed by atoms with van der Waals surface area (Å²) in [6, 6.07) is 15.5. The Bertz CT molecular complexity index is 1560. The number of carboxylic acids is 1. The summed E-state index contributed by atoms with van der Waals surface area (Å²) in [6.07, 6.45) is -3.83. The number of ether oxygens (including phenoxy) is 2. The van der Waals surface area contributed by atoms with Crippen molar-refractivity contribution in [3.63, 3.8) is 0 Å².